The Bertz CT molecular complexity index is 580. The number of hydrogen-bond donors (Lipinski definition) is 2. The molecule has 8 atom stereocenters. The van der Waals surface area contributed by atoms with Gasteiger partial charge < -0.3 is 10.2 Å². The SMILES string of the molecule is CC.CC(O)C1CCC2C3CCC4=CC(=O)CCC4(C)C3C(O)CC12C. The molecule has 0 aliphatic heterocycles. The summed E-state index contributed by atoms with van der Waals surface area (Å²) < 4.78 is 0. The lowest BCUT2D eigenvalue weighted by molar-refractivity contribution is -0.140. The molecule has 3 saturated carbocycles. The highest BCUT2D eigenvalue weighted by molar-refractivity contribution is 5.91. The van der Waals surface area contributed by atoms with Crippen LogP contribution in [0.4, 0.5) is 0 Å². The zero-order chi connectivity index (χ0) is 19.3. The highest BCUT2D eigenvalue weighted by atomic mass is 16.3. The molecule has 148 valence electrons. The number of hydrogen-bond acceptors (Lipinski definition) is 3. The third-order valence-electron chi connectivity index (χ3n) is 8.55. The molecule has 0 aromatic heterocycles. The van der Waals surface area contributed by atoms with E-state index >= 15 is 0 Å². The second-order valence-electron chi connectivity index (χ2n) is 9.59. The van der Waals surface area contributed by atoms with Crippen LogP contribution in [0.1, 0.15) is 79.6 Å². The molecule has 0 aromatic rings. The largest absolute Gasteiger partial charge is 0.393 e. The number of aliphatic hydroxyl groups excluding tert-OH is 2. The van der Waals surface area contributed by atoms with Gasteiger partial charge in [0.2, 0.25) is 0 Å². The smallest absolute Gasteiger partial charge is 0.155 e. The van der Waals surface area contributed by atoms with Crippen LogP contribution in [0.15, 0.2) is 11.6 Å². The Labute approximate surface area is 159 Å². The van der Waals surface area contributed by atoms with Gasteiger partial charge in [0.1, 0.15) is 0 Å². The molecule has 3 fully saturated rings. The molecule has 0 amide bonds. The minimum atomic E-state index is -0.308. The van der Waals surface area contributed by atoms with Gasteiger partial charge in [0.15, 0.2) is 5.78 Å². The van der Waals surface area contributed by atoms with Gasteiger partial charge in [0, 0.05) is 6.42 Å². The van der Waals surface area contributed by atoms with Gasteiger partial charge in [-0.3, -0.25) is 4.79 Å². The molecule has 0 heterocycles. The van der Waals surface area contributed by atoms with Gasteiger partial charge in [-0.25, -0.2) is 0 Å². The fourth-order valence-electron chi connectivity index (χ4n) is 7.52. The van der Waals surface area contributed by atoms with E-state index in [0.29, 0.717) is 24.2 Å². The number of rotatable bonds is 1. The molecule has 0 bridgehead atoms. The van der Waals surface area contributed by atoms with Gasteiger partial charge in [-0.05, 0) is 86.0 Å². The predicted octanol–water partition coefficient (Wildman–Crippen LogP) is 4.51. The molecule has 2 N–H and O–H groups in total. The summed E-state index contributed by atoms with van der Waals surface area (Å²) in [6.07, 6.45) is 8.04. The minimum absolute atomic E-state index is 0.000487. The molecule has 0 radical (unpaired) electrons. The lowest BCUT2D eigenvalue weighted by atomic mass is 9.46. The Morgan fingerprint density at radius 2 is 1.85 bits per heavy atom. The van der Waals surface area contributed by atoms with E-state index in [2.05, 4.69) is 13.8 Å². The molecule has 3 heteroatoms. The van der Waals surface area contributed by atoms with Crippen LogP contribution in [0.25, 0.3) is 0 Å². The van der Waals surface area contributed by atoms with Crippen molar-refractivity contribution in [2.75, 3.05) is 0 Å². The number of aliphatic hydroxyl groups is 2. The molecule has 4 aliphatic rings. The summed E-state index contributed by atoms with van der Waals surface area (Å²) in [6, 6.07) is 0. The maximum Gasteiger partial charge on any atom is 0.155 e. The quantitative estimate of drug-likeness (QED) is 0.721. The first-order valence-electron chi connectivity index (χ1n) is 10.9. The van der Waals surface area contributed by atoms with Crippen LogP contribution in [0.2, 0.25) is 0 Å². The summed E-state index contributed by atoms with van der Waals surface area (Å²) in [5.74, 6) is 2.03. The Hall–Kier alpha value is -0.670. The highest BCUT2D eigenvalue weighted by Gasteiger charge is 2.62. The van der Waals surface area contributed by atoms with Gasteiger partial charge >= 0.3 is 0 Å². The molecule has 8 unspecified atom stereocenters. The van der Waals surface area contributed by atoms with Crippen LogP contribution in [-0.4, -0.2) is 28.2 Å². The molecule has 4 aliphatic carbocycles. The van der Waals surface area contributed by atoms with Crippen molar-refractivity contribution >= 4 is 5.78 Å². The van der Waals surface area contributed by atoms with Gasteiger partial charge in [0.25, 0.3) is 0 Å². The van der Waals surface area contributed by atoms with Crippen LogP contribution in [0.5, 0.6) is 0 Å². The van der Waals surface area contributed by atoms with E-state index in [-0.39, 0.29) is 34.7 Å². The Balaban J connectivity index is 0.000000948. The minimum Gasteiger partial charge on any atom is -0.393 e. The van der Waals surface area contributed by atoms with Crippen LogP contribution in [0, 0.1) is 34.5 Å². The summed E-state index contributed by atoms with van der Waals surface area (Å²) in [6.45, 7) is 10.5. The summed E-state index contributed by atoms with van der Waals surface area (Å²) in [5, 5.41) is 21.5. The second-order valence-corrected chi connectivity index (χ2v) is 9.59. The van der Waals surface area contributed by atoms with E-state index in [1.54, 1.807) is 0 Å². The number of carbonyl (C=O) groups excluding carboxylic acids is 1. The number of carbonyl (C=O) groups is 1. The summed E-state index contributed by atoms with van der Waals surface area (Å²) in [4.78, 5) is 11.9. The van der Waals surface area contributed by atoms with Gasteiger partial charge in [0.05, 0.1) is 12.2 Å². The monoisotopic (exact) mass is 362 g/mol. The first-order valence-corrected chi connectivity index (χ1v) is 10.9. The summed E-state index contributed by atoms with van der Waals surface area (Å²) in [5.41, 5.74) is 1.37. The number of ketones is 1. The van der Waals surface area contributed by atoms with Crippen molar-refractivity contribution in [3.63, 3.8) is 0 Å². The third-order valence-corrected chi connectivity index (χ3v) is 8.55. The van der Waals surface area contributed by atoms with Crippen molar-refractivity contribution in [3.8, 4) is 0 Å². The van der Waals surface area contributed by atoms with Crippen molar-refractivity contribution in [2.24, 2.45) is 34.5 Å². The Kier molecular flexibility index (Phi) is 5.45. The fraction of sp³-hybridized carbons (Fsp3) is 0.870. The van der Waals surface area contributed by atoms with Crippen LogP contribution in [0.3, 0.4) is 0 Å². The zero-order valence-corrected chi connectivity index (χ0v) is 17.3. The summed E-state index contributed by atoms with van der Waals surface area (Å²) >= 11 is 0. The van der Waals surface area contributed by atoms with E-state index in [0.717, 1.165) is 32.1 Å². The summed E-state index contributed by atoms with van der Waals surface area (Å²) in [7, 11) is 0. The fourth-order valence-corrected chi connectivity index (χ4v) is 7.52. The Morgan fingerprint density at radius 3 is 2.50 bits per heavy atom. The molecule has 0 saturated heterocycles. The van der Waals surface area contributed by atoms with Gasteiger partial charge in [-0.2, -0.15) is 0 Å². The van der Waals surface area contributed by atoms with Gasteiger partial charge in [-0.1, -0.05) is 33.3 Å². The molecule has 0 spiro atoms. The lowest BCUT2D eigenvalue weighted by Crippen LogP contribution is -2.57. The number of allylic oxidation sites excluding steroid dienone is 1. The molecular weight excluding hydrogens is 324 g/mol. The molecular formula is C23H38O3. The molecule has 0 aromatic carbocycles. The molecule has 3 nitrogen and oxygen atoms in total. The number of fused-ring (bicyclic) bond motifs is 5. The van der Waals surface area contributed by atoms with E-state index in [1.165, 1.54) is 12.0 Å². The average molecular weight is 363 g/mol. The van der Waals surface area contributed by atoms with Crippen LogP contribution >= 0.6 is 0 Å². The van der Waals surface area contributed by atoms with Crippen molar-refractivity contribution in [1.82, 2.24) is 0 Å². The van der Waals surface area contributed by atoms with Crippen molar-refractivity contribution in [3.05, 3.63) is 11.6 Å². The van der Waals surface area contributed by atoms with E-state index in [1.807, 2.05) is 26.8 Å². The highest BCUT2D eigenvalue weighted by Crippen LogP contribution is 2.66. The maximum atomic E-state index is 11.9. The van der Waals surface area contributed by atoms with E-state index in [4.69, 9.17) is 0 Å². The molecule has 26 heavy (non-hydrogen) atoms. The van der Waals surface area contributed by atoms with Crippen LogP contribution < -0.4 is 0 Å². The van der Waals surface area contributed by atoms with E-state index < -0.39 is 0 Å². The topological polar surface area (TPSA) is 57.5 Å². The normalized spacial score (nSPS) is 48.3. The van der Waals surface area contributed by atoms with Crippen molar-refractivity contribution < 1.29 is 15.0 Å². The lowest BCUT2D eigenvalue weighted by Gasteiger charge is -2.60. The first-order chi connectivity index (χ1) is 12.3. The standard InChI is InChI=1S/C21H32O3.C2H6/c1-12(22)16-6-7-17-15-5-4-13-10-14(23)8-9-20(13,2)19(15)18(24)11-21(16,17)3;1-2/h10,12,15-19,22,24H,4-9,11H2,1-3H3;1-2H3. The van der Waals surface area contributed by atoms with E-state index in [9.17, 15) is 15.0 Å². The van der Waals surface area contributed by atoms with Gasteiger partial charge in [-0.15, -0.1) is 0 Å². The average Bonchev–Trinajstić information content (AvgIpc) is 2.93. The maximum absolute atomic E-state index is 11.9. The van der Waals surface area contributed by atoms with Crippen LogP contribution in [-0.2, 0) is 4.79 Å². The second kappa shape index (κ2) is 7.05. The first kappa shape index (κ1) is 20.1. The van der Waals surface area contributed by atoms with Crippen molar-refractivity contribution in [2.45, 2.75) is 91.8 Å². The van der Waals surface area contributed by atoms with Crippen molar-refractivity contribution in [1.29, 1.82) is 0 Å². The Morgan fingerprint density at radius 1 is 1.15 bits per heavy atom. The zero-order valence-electron chi connectivity index (χ0n) is 17.3. The molecule has 4 rings (SSSR count). The predicted molar refractivity (Wildman–Crippen MR) is 105 cm³/mol. The third kappa shape index (κ3) is 2.81.